The summed E-state index contributed by atoms with van der Waals surface area (Å²) in [6.45, 7) is 0.628. The predicted molar refractivity (Wildman–Crippen MR) is 79.9 cm³/mol. The number of hydrogen-bond acceptors (Lipinski definition) is 2. The van der Waals surface area contributed by atoms with E-state index in [4.69, 9.17) is 23.2 Å². The summed E-state index contributed by atoms with van der Waals surface area (Å²) < 4.78 is 0. The Bertz CT molecular complexity index is 722. The fourth-order valence-corrected chi connectivity index (χ4v) is 2.31. The molecule has 0 aliphatic heterocycles. The molecule has 0 spiro atoms. The molecule has 0 bridgehead atoms. The lowest BCUT2D eigenvalue weighted by Gasteiger charge is -2.08. The molecule has 0 fully saturated rings. The third kappa shape index (κ3) is 2.67. The standard InChI is InChI=1S/C14H11Cl2N3/c15-11-1-3-13(16)9(5-11)7-17-12-2-4-14-10(6-12)8-18-19-14/h1-6,8,17H,7H2,(H,18,19). The molecule has 1 heterocycles. The first-order valence-corrected chi connectivity index (χ1v) is 6.59. The molecule has 0 amide bonds. The summed E-state index contributed by atoms with van der Waals surface area (Å²) in [6.07, 6.45) is 1.80. The maximum Gasteiger partial charge on any atom is 0.0651 e. The molecular formula is C14H11Cl2N3. The molecule has 19 heavy (non-hydrogen) atoms. The molecule has 0 saturated carbocycles. The van der Waals surface area contributed by atoms with Crippen molar-refractivity contribution in [2.75, 3.05) is 5.32 Å². The van der Waals surface area contributed by atoms with Crippen LogP contribution < -0.4 is 5.32 Å². The van der Waals surface area contributed by atoms with E-state index in [2.05, 4.69) is 15.5 Å². The summed E-state index contributed by atoms with van der Waals surface area (Å²) in [6, 6.07) is 11.5. The van der Waals surface area contributed by atoms with Gasteiger partial charge in [-0.05, 0) is 42.0 Å². The Morgan fingerprint density at radius 1 is 1.11 bits per heavy atom. The van der Waals surface area contributed by atoms with Gasteiger partial charge in [0.15, 0.2) is 0 Å². The van der Waals surface area contributed by atoms with E-state index in [0.717, 1.165) is 22.2 Å². The summed E-state index contributed by atoms with van der Waals surface area (Å²) in [4.78, 5) is 0. The van der Waals surface area contributed by atoms with Crippen molar-refractivity contribution in [3.05, 3.63) is 58.2 Å². The molecule has 3 nitrogen and oxygen atoms in total. The van der Waals surface area contributed by atoms with Crippen LogP contribution in [-0.4, -0.2) is 10.2 Å². The molecule has 0 saturated heterocycles. The third-order valence-corrected chi connectivity index (χ3v) is 3.53. The van der Waals surface area contributed by atoms with E-state index in [1.54, 1.807) is 18.3 Å². The Morgan fingerprint density at radius 2 is 2.00 bits per heavy atom. The van der Waals surface area contributed by atoms with E-state index >= 15 is 0 Å². The zero-order valence-corrected chi connectivity index (χ0v) is 11.5. The first-order chi connectivity index (χ1) is 9.22. The van der Waals surface area contributed by atoms with Crippen molar-refractivity contribution in [2.45, 2.75) is 6.54 Å². The normalized spacial score (nSPS) is 10.8. The molecule has 0 aliphatic carbocycles. The smallest absolute Gasteiger partial charge is 0.0651 e. The molecule has 3 rings (SSSR count). The molecule has 2 N–H and O–H groups in total. The van der Waals surface area contributed by atoms with Crippen LogP contribution in [0.4, 0.5) is 5.69 Å². The summed E-state index contributed by atoms with van der Waals surface area (Å²) in [5.41, 5.74) is 3.01. The number of benzene rings is 2. The van der Waals surface area contributed by atoms with Gasteiger partial charge in [-0.2, -0.15) is 5.10 Å². The van der Waals surface area contributed by atoms with Gasteiger partial charge in [-0.25, -0.2) is 0 Å². The molecule has 3 aromatic rings. The van der Waals surface area contributed by atoms with E-state index in [9.17, 15) is 0 Å². The number of nitrogens with one attached hydrogen (secondary N) is 2. The zero-order chi connectivity index (χ0) is 13.2. The summed E-state index contributed by atoms with van der Waals surface area (Å²) >= 11 is 12.1. The van der Waals surface area contributed by atoms with Crippen LogP contribution in [-0.2, 0) is 6.54 Å². The third-order valence-electron chi connectivity index (χ3n) is 2.93. The fraction of sp³-hybridized carbons (Fsp3) is 0.0714. The van der Waals surface area contributed by atoms with Crippen LogP contribution in [0.2, 0.25) is 10.0 Å². The highest BCUT2D eigenvalue weighted by Gasteiger charge is 2.02. The molecule has 1 aromatic heterocycles. The molecule has 5 heteroatoms. The van der Waals surface area contributed by atoms with Crippen LogP contribution in [0.5, 0.6) is 0 Å². The number of hydrogen-bond donors (Lipinski definition) is 2. The lowest BCUT2D eigenvalue weighted by atomic mass is 10.2. The summed E-state index contributed by atoms with van der Waals surface area (Å²) in [5.74, 6) is 0. The molecule has 0 unspecified atom stereocenters. The Kier molecular flexibility index (Phi) is 3.32. The fourth-order valence-electron chi connectivity index (χ4n) is 1.93. The van der Waals surface area contributed by atoms with Crippen LogP contribution in [0.3, 0.4) is 0 Å². The van der Waals surface area contributed by atoms with Gasteiger partial charge in [-0.15, -0.1) is 0 Å². The minimum atomic E-state index is 0.628. The summed E-state index contributed by atoms with van der Waals surface area (Å²) in [7, 11) is 0. The molecule has 0 radical (unpaired) electrons. The van der Waals surface area contributed by atoms with Crippen molar-refractivity contribution in [1.29, 1.82) is 0 Å². The number of halogens is 2. The van der Waals surface area contributed by atoms with E-state index < -0.39 is 0 Å². The van der Waals surface area contributed by atoms with Crippen LogP contribution >= 0.6 is 23.2 Å². The van der Waals surface area contributed by atoms with Gasteiger partial charge < -0.3 is 5.32 Å². The van der Waals surface area contributed by atoms with Gasteiger partial charge in [0, 0.05) is 27.7 Å². The quantitative estimate of drug-likeness (QED) is 0.747. The van der Waals surface area contributed by atoms with Gasteiger partial charge in [-0.3, -0.25) is 5.10 Å². The number of nitrogens with zero attached hydrogens (tertiary/aromatic N) is 1. The largest absolute Gasteiger partial charge is 0.381 e. The number of anilines is 1. The van der Waals surface area contributed by atoms with Crippen molar-refractivity contribution in [3.8, 4) is 0 Å². The Morgan fingerprint density at radius 3 is 2.89 bits per heavy atom. The van der Waals surface area contributed by atoms with Gasteiger partial charge in [-0.1, -0.05) is 23.2 Å². The second-order valence-corrected chi connectivity index (χ2v) is 5.10. The van der Waals surface area contributed by atoms with Gasteiger partial charge >= 0.3 is 0 Å². The van der Waals surface area contributed by atoms with E-state index in [0.29, 0.717) is 16.6 Å². The van der Waals surface area contributed by atoms with Gasteiger partial charge in [0.2, 0.25) is 0 Å². The van der Waals surface area contributed by atoms with Gasteiger partial charge in [0.05, 0.1) is 11.7 Å². The van der Waals surface area contributed by atoms with Crippen LogP contribution in [0.15, 0.2) is 42.6 Å². The van der Waals surface area contributed by atoms with E-state index in [1.807, 2.05) is 24.3 Å². The van der Waals surface area contributed by atoms with Crippen LogP contribution in [0, 0.1) is 0 Å². The van der Waals surface area contributed by atoms with Crippen molar-refractivity contribution in [2.24, 2.45) is 0 Å². The predicted octanol–water partition coefficient (Wildman–Crippen LogP) is 4.48. The average Bonchev–Trinajstić information content (AvgIpc) is 2.87. The van der Waals surface area contributed by atoms with Crippen molar-refractivity contribution < 1.29 is 0 Å². The van der Waals surface area contributed by atoms with Crippen molar-refractivity contribution >= 4 is 39.8 Å². The highest BCUT2D eigenvalue weighted by Crippen LogP contribution is 2.22. The van der Waals surface area contributed by atoms with E-state index in [1.165, 1.54) is 0 Å². The van der Waals surface area contributed by atoms with Crippen molar-refractivity contribution in [1.82, 2.24) is 10.2 Å². The first kappa shape index (κ1) is 12.3. The number of aromatic amines is 1. The molecule has 96 valence electrons. The minimum Gasteiger partial charge on any atom is -0.381 e. The topological polar surface area (TPSA) is 40.7 Å². The maximum atomic E-state index is 6.13. The minimum absolute atomic E-state index is 0.628. The summed E-state index contributed by atoms with van der Waals surface area (Å²) in [5, 5.41) is 12.7. The van der Waals surface area contributed by atoms with Crippen LogP contribution in [0.25, 0.3) is 10.9 Å². The number of rotatable bonds is 3. The lowest BCUT2D eigenvalue weighted by Crippen LogP contribution is -1.99. The molecule has 0 atom stereocenters. The average molecular weight is 292 g/mol. The monoisotopic (exact) mass is 291 g/mol. The highest BCUT2D eigenvalue weighted by molar-refractivity contribution is 6.33. The number of H-pyrrole nitrogens is 1. The second kappa shape index (κ2) is 5.11. The number of aromatic nitrogens is 2. The second-order valence-electron chi connectivity index (χ2n) is 4.26. The number of fused-ring (bicyclic) bond motifs is 1. The van der Waals surface area contributed by atoms with Crippen LogP contribution in [0.1, 0.15) is 5.56 Å². The van der Waals surface area contributed by atoms with Crippen molar-refractivity contribution in [3.63, 3.8) is 0 Å². The Hall–Kier alpha value is -1.71. The van der Waals surface area contributed by atoms with Gasteiger partial charge in [0.25, 0.3) is 0 Å². The zero-order valence-electron chi connectivity index (χ0n) is 9.95. The van der Waals surface area contributed by atoms with E-state index in [-0.39, 0.29) is 0 Å². The molecule has 2 aromatic carbocycles. The SMILES string of the molecule is Clc1ccc(Cl)c(CNc2ccc3[nH]ncc3c2)c1. The highest BCUT2D eigenvalue weighted by atomic mass is 35.5. The molecular weight excluding hydrogens is 281 g/mol. The lowest BCUT2D eigenvalue weighted by molar-refractivity contribution is 1.12. The Labute approximate surface area is 120 Å². The first-order valence-electron chi connectivity index (χ1n) is 5.83. The molecule has 0 aliphatic rings. The maximum absolute atomic E-state index is 6.13. The Balaban J connectivity index is 1.79. The van der Waals surface area contributed by atoms with Gasteiger partial charge in [0.1, 0.15) is 0 Å².